The van der Waals surface area contributed by atoms with E-state index in [1.54, 1.807) is 17.2 Å². The van der Waals surface area contributed by atoms with Gasteiger partial charge < -0.3 is 15.0 Å². The highest BCUT2D eigenvalue weighted by Gasteiger charge is 2.29. The van der Waals surface area contributed by atoms with Crippen LogP contribution in [0, 0.1) is 6.92 Å². The molecule has 2 aliphatic rings. The highest BCUT2D eigenvalue weighted by atomic mass is 16.5. The van der Waals surface area contributed by atoms with Gasteiger partial charge >= 0.3 is 0 Å². The molecule has 1 aromatic carbocycles. The minimum atomic E-state index is 0. The molecule has 0 bridgehead atoms. The molecule has 164 valence electrons. The van der Waals surface area contributed by atoms with E-state index >= 15 is 0 Å². The van der Waals surface area contributed by atoms with Gasteiger partial charge in [0.15, 0.2) is 5.82 Å². The fraction of sp³-hybridized carbons (Fsp3) is 0.455. The van der Waals surface area contributed by atoms with Crippen LogP contribution >= 0.6 is 0 Å². The maximum atomic E-state index is 5.35. The van der Waals surface area contributed by atoms with Crippen molar-refractivity contribution >= 4 is 17.3 Å². The van der Waals surface area contributed by atoms with Crippen LogP contribution in [0.15, 0.2) is 36.8 Å². The molecule has 0 unspecified atom stereocenters. The number of piperazine rings is 1. The van der Waals surface area contributed by atoms with Crippen LogP contribution in [0.1, 0.15) is 19.7 Å². The third kappa shape index (κ3) is 4.38. The SMILES string of the molecule is CCc1cc(Nc2ncn(-c3ccnc(C)n3)n2)cc(N2CCN(C3COC3)CC2)c1.[HH]. The average molecular weight is 423 g/mol. The van der Waals surface area contributed by atoms with Crippen LogP contribution in [0.3, 0.4) is 0 Å². The normalized spacial score (nSPS) is 17.5. The average Bonchev–Trinajstić information content (AvgIpc) is 3.21. The Hall–Kier alpha value is -3.04. The van der Waals surface area contributed by atoms with Crippen molar-refractivity contribution in [3.8, 4) is 5.82 Å². The molecule has 0 aliphatic carbocycles. The van der Waals surface area contributed by atoms with Crippen LogP contribution in [0.4, 0.5) is 17.3 Å². The van der Waals surface area contributed by atoms with Crippen molar-refractivity contribution in [3.63, 3.8) is 0 Å². The minimum absolute atomic E-state index is 0. The molecule has 2 saturated heterocycles. The zero-order valence-corrected chi connectivity index (χ0v) is 18.0. The fourth-order valence-electron chi connectivity index (χ4n) is 4.04. The largest absolute Gasteiger partial charge is 0.378 e. The van der Waals surface area contributed by atoms with Crippen molar-refractivity contribution in [2.24, 2.45) is 0 Å². The quantitative estimate of drug-likeness (QED) is 0.649. The molecular formula is C22H30N8O. The first kappa shape index (κ1) is 19.9. The van der Waals surface area contributed by atoms with E-state index < -0.39 is 0 Å². The monoisotopic (exact) mass is 422 g/mol. The van der Waals surface area contributed by atoms with E-state index in [-0.39, 0.29) is 1.43 Å². The number of hydrogen-bond acceptors (Lipinski definition) is 8. The van der Waals surface area contributed by atoms with Crippen molar-refractivity contribution in [1.29, 1.82) is 0 Å². The number of benzene rings is 1. The summed E-state index contributed by atoms with van der Waals surface area (Å²) in [5, 5.41) is 7.90. The summed E-state index contributed by atoms with van der Waals surface area (Å²) in [6.07, 6.45) is 4.36. The molecule has 5 rings (SSSR count). The predicted octanol–water partition coefficient (Wildman–Crippen LogP) is 2.44. The summed E-state index contributed by atoms with van der Waals surface area (Å²) in [6.45, 7) is 10.0. The zero-order chi connectivity index (χ0) is 21.2. The van der Waals surface area contributed by atoms with Crippen molar-refractivity contribution in [1.82, 2.24) is 29.6 Å². The van der Waals surface area contributed by atoms with E-state index in [1.807, 2.05) is 13.0 Å². The number of nitrogens with zero attached hydrogens (tertiary/aromatic N) is 7. The number of ether oxygens (including phenoxy) is 1. The lowest BCUT2D eigenvalue weighted by Crippen LogP contribution is -2.56. The lowest BCUT2D eigenvalue weighted by Gasteiger charge is -2.43. The Labute approximate surface area is 183 Å². The molecule has 4 heterocycles. The van der Waals surface area contributed by atoms with Crippen molar-refractivity contribution in [2.75, 3.05) is 49.6 Å². The number of rotatable bonds is 6. The van der Waals surface area contributed by atoms with Crippen LogP contribution in [0.5, 0.6) is 0 Å². The van der Waals surface area contributed by atoms with Crippen molar-refractivity contribution in [3.05, 3.63) is 48.2 Å². The number of nitrogens with one attached hydrogen (secondary N) is 1. The topological polar surface area (TPSA) is 84.2 Å². The first-order valence-corrected chi connectivity index (χ1v) is 10.9. The zero-order valence-electron chi connectivity index (χ0n) is 18.0. The Kier molecular flexibility index (Phi) is 5.52. The molecule has 2 fully saturated rings. The summed E-state index contributed by atoms with van der Waals surface area (Å²) in [6, 6.07) is 9.08. The first-order valence-electron chi connectivity index (χ1n) is 10.9. The van der Waals surface area contributed by atoms with Crippen molar-refractivity contribution < 1.29 is 6.16 Å². The van der Waals surface area contributed by atoms with Gasteiger partial charge in [0.1, 0.15) is 12.2 Å². The third-order valence-corrected chi connectivity index (χ3v) is 5.95. The molecule has 0 radical (unpaired) electrons. The van der Waals surface area contributed by atoms with Crippen LogP contribution in [0.25, 0.3) is 5.82 Å². The van der Waals surface area contributed by atoms with Gasteiger partial charge in [-0.25, -0.2) is 14.6 Å². The van der Waals surface area contributed by atoms with Gasteiger partial charge in [-0.1, -0.05) is 6.92 Å². The smallest absolute Gasteiger partial charge is 0.247 e. The summed E-state index contributed by atoms with van der Waals surface area (Å²) in [4.78, 5) is 18.0. The molecule has 1 N–H and O–H groups in total. The molecule has 31 heavy (non-hydrogen) atoms. The summed E-state index contributed by atoms with van der Waals surface area (Å²) >= 11 is 0. The van der Waals surface area contributed by atoms with E-state index in [0.29, 0.717) is 23.6 Å². The highest BCUT2D eigenvalue weighted by molar-refractivity contribution is 5.64. The van der Waals surface area contributed by atoms with Crippen molar-refractivity contribution in [2.45, 2.75) is 26.3 Å². The number of anilines is 3. The number of aryl methyl sites for hydroxylation is 2. The maximum absolute atomic E-state index is 5.35. The molecule has 2 aromatic heterocycles. The van der Waals surface area contributed by atoms with Gasteiger partial charge in [0.2, 0.25) is 5.95 Å². The lowest BCUT2D eigenvalue weighted by atomic mass is 10.1. The van der Waals surface area contributed by atoms with Crippen LogP contribution < -0.4 is 10.2 Å². The van der Waals surface area contributed by atoms with Gasteiger partial charge in [0.25, 0.3) is 0 Å². The second-order valence-electron chi connectivity index (χ2n) is 8.06. The summed E-state index contributed by atoms with van der Waals surface area (Å²) in [5.41, 5.74) is 3.54. The predicted molar refractivity (Wildman–Crippen MR) is 121 cm³/mol. The van der Waals surface area contributed by atoms with Crippen LogP contribution in [0.2, 0.25) is 0 Å². The van der Waals surface area contributed by atoms with E-state index in [1.165, 1.54) is 11.3 Å². The standard InChI is InChI=1S/C22H28N8O.H2/c1-3-17-10-18(26-22-24-15-30(27-22)21-4-5-23-16(2)25-21)12-19(11-17)28-6-8-29(9-7-28)20-13-31-14-20;/h4-5,10-12,15,20H,3,6-9,13-14H2,1-2H3,(H,26,27);1H. The highest BCUT2D eigenvalue weighted by Crippen LogP contribution is 2.26. The van der Waals surface area contributed by atoms with Gasteiger partial charge in [-0.2, -0.15) is 4.98 Å². The molecule has 3 aromatic rings. The second kappa shape index (κ2) is 8.60. The van der Waals surface area contributed by atoms with E-state index in [9.17, 15) is 0 Å². The molecule has 9 nitrogen and oxygen atoms in total. The fourth-order valence-corrected chi connectivity index (χ4v) is 4.04. The summed E-state index contributed by atoms with van der Waals surface area (Å²) in [5.74, 6) is 1.95. The molecule has 0 saturated carbocycles. The lowest BCUT2D eigenvalue weighted by molar-refractivity contribution is -0.0660. The van der Waals surface area contributed by atoms with Gasteiger partial charge in [0, 0.05) is 51.2 Å². The maximum Gasteiger partial charge on any atom is 0.247 e. The van der Waals surface area contributed by atoms with Gasteiger partial charge in [-0.3, -0.25) is 4.90 Å². The Morgan fingerprint density at radius 1 is 1.13 bits per heavy atom. The van der Waals surface area contributed by atoms with E-state index in [4.69, 9.17) is 4.74 Å². The number of hydrogen-bond donors (Lipinski definition) is 1. The first-order chi connectivity index (χ1) is 15.2. The summed E-state index contributed by atoms with van der Waals surface area (Å²) in [7, 11) is 0. The molecule has 9 heteroatoms. The Morgan fingerprint density at radius 2 is 1.97 bits per heavy atom. The molecule has 0 spiro atoms. The minimum Gasteiger partial charge on any atom is -0.378 e. The van der Waals surface area contributed by atoms with E-state index in [2.05, 4.69) is 60.3 Å². The molecule has 0 atom stereocenters. The summed E-state index contributed by atoms with van der Waals surface area (Å²) < 4.78 is 7.01. The Bertz CT molecular complexity index is 1050. The number of aromatic nitrogens is 5. The van der Waals surface area contributed by atoms with Gasteiger partial charge in [-0.05, 0) is 37.1 Å². The van der Waals surface area contributed by atoms with Gasteiger partial charge in [0.05, 0.1) is 19.3 Å². The second-order valence-corrected chi connectivity index (χ2v) is 8.06. The van der Waals surface area contributed by atoms with Crippen LogP contribution in [-0.2, 0) is 11.2 Å². The van der Waals surface area contributed by atoms with E-state index in [0.717, 1.165) is 51.5 Å². The Morgan fingerprint density at radius 3 is 2.68 bits per heavy atom. The molecule has 2 aliphatic heterocycles. The van der Waals surface area contributed by atoms with Crippen LogP contribution in [-0.4, -0.2) is 75.1 Å². The Balaban J connectivity index is 0.00000245. The molecular weight excluding hydrogens is 392 g/mol. The molecule has 0 amide bonds. The van der Waals surface area contributed by atoms with Gasteiger partial charge in [-0.15, -0.1) is 5.10 Å². The third-order valence-electron chi connectivity index (χ3n) is 5.95.